The molecule has 0 bridgehead atoms. The molecule has 1 N–H and O–H groups in total. The zero-order chi connectivity index (χ0) is 24.9. The first-order valence-corrected chi connectivity index (χ1v) is 13.3. The molecule has 0 aromatic carbocycles. The van der Waals surface area contributed by atoms with Crippen molar-refractivity contribution in [1.82, 2.24) is 9.80 Å². The second kappa shape index (κ2) is 9.01. The van der Waals surface area contributed by atoms with E-state index in [-0.39, 0.29) is 24.4 Å². The maximum absolute atomic E-state index is 14.2. The fourth-order valence-electron chi connectivity index (χ4n) is 6.15. The van der Waals surface area contributed by atoms with E-state index in [1.54, 1.807) is 16.7 Å². The third-order valence-corrected chi connectivity index (χ3v) is 9.62. The van der Waals surface area contributed by atoms with Crippen molar-refractivity contribution < 1.29 is 24.2 Å². The van der Waals surface area contributed by atoms with Gasteiger partial charge in [0.1, 0.15) is 6.04 Å². The van der Waals surface area contributed by atoms with Gasteiger partial charge in [0.2, 0.25) is 11.8 Å². The molecule has 0 aromatic heterocycles. The predicted molar refractivity (Wildman–Crippen MR) is 132 cm³/mol. The van der Waals surface area contributed by atoms with Crippen LogP contribution in [-0.2, 0) is 19.1 Å². The number of esters is 1. The van der Waals surface area contributed by atoms with E-state index in [1.165, 1.54) is 0 Å². The summed E-state index contributed by atoms with van der Waals surface area (Å²) >= 11 is 1.55. The topological polar surface area (TPSA) is 87.2 Å². The van der Waals surface area contributed by atoms with E-state index in [1.807, 2.05) is 51.7 Å². The van der Waals surface area contributed by atoms with E-state index >= 15 is 0 Å². The maximum atomic E-state index is 14.2. The molecule has 4 heterocycles. The van der Waals surface area contributed by atoms with Crippen LogP contribution in [-0.4, -0.2) is 79.6 Å². The minimum Gasteiger partial charge on any atom is -0.465 e. The average Bonchev–Trinajstić information content (AvgIpc) is 3.08. The van der Waals surface area contributed by atoms with Gasteiger partial charge in [-0.1, -0.05) is 31.2 Å². The molecular weight excluding hydrogens is 452 g/mol. The van der Waals surface area contributed by atoms with Crippen LogP contribution in [0.3, 0.4) is 0 Å². The van der Waals surface area contributed by atoms with Gasteiger partial charge in [0.25, 0.3) is 0 Å². The second-order valence-corrected chi connectivity index (χ2v) is 12.9. The van der Waals surface area contributed by atoms with Gasteiger partial charge in [-0.05, 0) is 53.4 Å². The quantitative estimate of drug-likeness (QED) is 0.484. The van der Waals surface area contributed by atoms with Gasteiger partial charge in [-0.2, -0.15) is 0 Å². The van der Waals surface area contributed by atoms with Crippen molar-refractivity contribution in [2.45, 2.75) is 87.4 Å². The van der Waals surface area contributed by atoms with Crippen molar-refractivity contribution in [3.8, 4) is 0 Å². The Morgan fingerprint density at radius 1 is 1.15 bits per heavy atom. The number of amides is 2. The summed E-state index contributed by atoms with van der Waals surface area (Å²) in [5.74, 6) is -2.17. The molecular formula is C26H38N2O5S. The van der Waals surface area contributed by atoms with Gasteiger partial charge in [-0.3, -0.25) is 14.4 Å². The van der Waals surface area contributed by atoms with Crippen molar-refractivity contribution in [3.05, 3.63) is 24.3 Å². The fourth-order valence-corrected chi connectivity index (χ4v) is 8.29. The van der Waals surface area contributed by atoms with Crippen LogP contribution in [0.25, 0.3) is 0 Å². The zero-order valence-corrected chi connectivity index (χ0v) is 21.8. The molecule has 8 heteroatoms. The van der Waals surface area contributed by atoms with Crippen LogP contribution >= 0.6 is 11.8 Å². The van der Waals surface area contributed by atoms with E-state index < -0.39 is 39.0 Å². The molecule has 6 atom stereocenters. The van der Waals surface area contributed by atoms with Crippen LogP contribution in [0, 0.1) is 11.8 Å². The predicted octanol–water partition coefficient (Wildman–Crippen LogP) is 2.93. The van der Waals surface area contributed by atoms with E-state index in [9.17, 15) is 19.5 Å². The largest absolute Gasteiger partial charge is 0.465 e. The van der Waals surface area contributed by atoms with Gasteiger partial charge >= 0.3 is 5.97 Å². The molecule has 188 valence electrons. The van der Waals surface area contributed by atoms with Crippen LogP contribution in [0.1, 0.15) is 60.3 Å². The Hall–Kier alpha value is -1.80. The molecule has 2 fully saturated rings. The number of nitrogens with zero attached hydrogens (tertiary/aromatic N) is 2. The molecule has 34 heavy (non-hydrogen) atoms. The number of hydrogen-bond donors (Lipinski definition) is 1. The van der Waals surface area contributed by atoms with Gasteiger partial charge in [0.05, 0.1) is 35.8 Å². The van der Waals surface area contributed by atoms with Gasteiger partial charge < -0.3 is 19.6 Å². The number of ether oxygens (including phenoxy) is 1. The third kappa shape index (κ3) is 3.81. The first-order valence-electron chi connectivity index (χ1n) is 12.5. The summed E-state index contributed by atoms with van der Waals surface area (Å²) in [5.41, 5.74) is -0.440. The van der Waals surface area contributed by atoms with Crippen molar-refractivity contribution >= 4 is 29.5 Å². The molecule has 4 aliphatic heterocycles. The Labute approximate surface area is 206 Å². The lowest BCUT2D eigenvalue weighted by Gasteiger charge is -2.42. The lowest BCUT2D eigenvalue weighted by Crippen LogP contribution is -2.59. The summed E-state index contributed by atoms with van der Waals surface area (Å²) < 4.78 is 4.10. The molecule has 2 saturated heterocycles. The molecule has 0 saturated carbocycles. The molecule has 4 rings (SSSR count). The number of rotatable bonds is 3. The highest BCUT2D eigenvalue weighted by Gasteiger charge is 2.74. The van der Waals surface area contributed by atoms with Gasteiger partial charge in [-0.15, -0.1) is 11.8 Å². The molecule has 4 aliphatic rings. The minimum atomic E-state index is -0.909. The van der Waals surface area contributed by atoms with Crippen molar-refractivity contribution in [2.75, 3.05) is 19.8 Å². The number of fused-ring (bicyclic) bond motifs is 2. The summed E-state index contributed by atoms with van der Waals surface area (Å²) in [6.07, 6.45) is 11.3. The number of cyclic esters (lactones) is 1. The van der Waals surface area contributed by atoms with Gasteiger partial charge in [0, 0.05) is 16.8 Å². The van der Waals surface area contributed by atoms with Crippen LogP contribution in [0.4, 0.5) is 0 Å². The fraction of sp³-hybridized carbons (Fsp3) is 0.731. The summed E-state index contributed by atoms with van der Waals surface area (Å²) in [6.45, 7) is 10.4. The molecule has 0 radical (unpaired) electrons. The monoisotopic (exact) mass is 490 g/mol. The Bertz CT molecular complexity index is 907. The highest BCUT2D eigenvalue weighted by Crippen LogP contribution is 2.65. The smallest absolute Gasteiger partial charge is 0.311 e. The standard InChI is InChI=1S/C26H38N2O5S/c1-6-17(16-29)28-20-22(31)27(24(2,3)4)14-11-13-26(20)18(21(28)30)19-23(32)33-15-10-8-7-9-12-25(19,5)34-26/h9,11-13,17-20,29H,6-8,10,14-16H2,1-5H3/b12-9-/t17-,18-,19-,20?,25+,26-/m0/s1. The highest BCUT2D eigenvalue weighted by atomic mass is 32.2. The van der Waals surface area contributed by atoms with Crippen LogP contribution < -0.4 is 0 Å². The minimum absolute atomic E-state index is 0.127. The van der Waals surface area contributed by atoms with E-state index in [4.69, 9.17) is 4.74 Å². The SMILES string of the molecule is CC[C@@H](CO)N1C(=O)[C@@H]2[C@H]3C(=O)OCCCC/C=C\[C@@]3(C)S[C@@]23C=CCN(C(C)(C)C)C(=O)C13. The number of carbonyl (C=O) groups is 3. The summed E-state index contributed by atoms with van der Waals surface area (Å²) in [7, 11) is 0. The third-order valence-electron chi connectivity index (χ3n) is 7.82. The Morgan fingerprint density at radius 3 is 2.53 bits per heavy atom. The summed E-state index contributed by atoms with van der Waals surface area (Å²) in [5, 5.41) is 10.2. The Morgan fingerprint density at radius 2 is 1.88 bits per heavy atom. The summed E-state index contributed by atoms with van der Waals surface area (Å²) in [6, 6.07) is -1.28. The first kappa shape index (κ1) is 25.3. The molecule has 0 aromatic rings. The van der Waals surface area contributed by atoms with Crippen molar-refractivity contribution in [3.63, 3.8) is 0 Å². The number of aliphatic hydroxyl groups excluding tert-OH is 1. The molecule has 7 nitrogen and oxygen atoms in total. The molecule has 2 amide bonds. The van der Waals surface area contributed by atoms with Crippen molar-refractivity contribution in [1.29, 1.82) is 0 Å². The van der Waals surface area contributed by atoms with E-state index in [2.05, 4.69) is 12.2 Å². The zero-order valence-electron chi connectivity index (χ0n) is 21.0. The van der Waals surface area contributed by atoms with Gasteiger partial charge in [-0.25, -0.2) is 0 Å². The normalized spacial score (nSPS) is 38.1. The number of hydrogen-bond acceptors (Lipinski definition) is 6. The molecule has 1 spiro atoms. The maximum Gasteiger partial charge on any atom is 0.311 e. The average molecular weight is 491 g/mol. The summed E-state index contributed by atoms with van der Waals surface area (Å²) in [4.78, 5) is 45.3. The van der Waals surface area contributed by atoms with Crippen LogP contribution in [0.5, 0.6) is 0 Å². The van der Waals surface area contributed by atoms with Gasteiger partial charge in [0.15, 0.2) is 0 Å². The van der Waals surface area contributed by atoms with E-state index in [0.717, 1.165) is 19.3 Å². The highest BCUT2D eigenvalue weighted by molar-refractivity contribution is 8.02. The number of likely N-dealkylation sites (tertiary alicyclic amines) is 1. The number of allylic oxidation sites excluding steroid dienone is 1. The lowest BCUT2D eigenvalue weighted by molar-refractivity contribution is -0.155. The molecule has 1 unspecified atom stereocenters. The van der Waals surface area contributed by atoms with Crippen LogP contribution in [0.2, 0.25) is 0 Å². The number of thioether (sulfide) groups is 1. The number of aliphatic hydroxyl groups is 1. The first-order chi connectivity index (χ1) is 16.0. The lowest BCUT2D eigenvalue weighted by atomic mass is 9.74. The van der Waals surface area contributed by atoms with Crippen LogP contribution in [0.15, 0.2) is 24.3 Å². The Kier molecular flexibility index (Phi) is 6.70. The van der Waals surface area contributed by atoms with E-state index in [0.29, 0.717) is 19.6 Å². The number of carbonyl (C=O) groups excluding carboxylic acids is 3. The second-order valence-electron chi connectivity index (χ2n) is 11.1. The Balaban J connectivity index is 1.91. The van der Waals surface area contributed by atoms with Crippen molar-refractivity contribution in [2.24, 2.45) is 11.8 Å². The molecule has 0 aliphatic carbocycles.